The minimum absolute atomic E-state index is 0.533. The average molecular weight is 396 g/mol. The fourth-order valence-corrected chi connectivity index (χ4v) is 4.29. The molecule has 1 atom stereocenters. The van der Waals surface area contributed by atoms with Crippen molar-refractivity contribution in [3.63, 3.8) is 0 Å². The van der Waals surface area contributed by atoms with Crippen LogP contribution in [0.15, 0.2) is 39.9 Å². The van der Waals surface area contributed by atoms with E-state index in [1.54, 1.807) is 6.26 Å². The van der Waals surface area contributed by atoms with Gasteiger partial charge in [-0.05, 0) is 64.3 Å². The summed E-state index contributed by atoms with van der Waals surface area (Å²) < 4.78 is 5.68. The first kappa shape index (κ1) is 20.0. The highest BCUT2D eigenvalue weighted by Crippen LogP contribution is 2.21. The third-order valence-electron chi connectivity index (χ3n) is 5.88. The Labute approximate surface area is 174 Å². The molecule has 2 saturated heterocycles. The molecule has 2 aliphatic rings. The van der Waals surface area contributed by atoms with E-state index in [1.165, 1.54) is 44.5 Å². The van der Waals surface area contributed by atoms with Crippen LogP contribution in [0.25, 0.3) is 11.5 Å². The van der Waals surface area contributed by atoms with Crippen molar-refractivity contribution in [3.05, 3.63) is 41.8 Å². The maximum Gasteiger partial charge on any atom is 0.226 e. The molecule has 0 spiro atoms. The third kappa shape index (κ3) is 5.18. The lowest BCUT2D eigenvalue weighted by Crippen LogP contribution is -2.40. The van der Waals surface area contributed by atoms with Gasteiger partial charge in [0.05, 0.1) is 6.54 Å². The number of aromatic nitrogens is 1. The van der Waals surface area contributed by atoms with Crippen molar-refractivity contribution in [2.75, 3.05) is 39.3 Å². The van der Waals surface area contributed by atoms with Crippen LogP contribution in [0, 0.1) is 12.8 Å². The summed E-state index contributed by atoms with van der Waals surface area (Å²) in [6, 6.07) is 8.24. The maximum absolute atomic E-state index is 5.68. The highest BCUT2D eigenvalue weighted by molar-refractivity contribution is 5.80. The highest BCUT2D eigenvalue weighted by atomic mass is 16.3. The van der Waals surface area contributed by atoms with Gasteiger partial charge in [-0.15, -0.1) is 0 Å². The number of nitrogens with zero attached hydrogens (tertiary/aromatic N) is 4. The van der Waals surface area contributed by atoms with Crippen LogP contribution in [0.4, 0.5) is 0 Å². The number of aryl methyl sites for hydroxylation is 1. The van der Waals surface area contributed by atoms with Crippen molar-refractivity contribution in [2.45, 2.75) is 39.7 Å². The van der Waals surface area contributed by atoms with E-state index in [0.717, 1.165) is 42.8 Å². The molecule has 2 fully saturated rings. The van der Waals surface area contributed by atoms with Gasteiger partial charge in [0.25, 0.3) is 0 Å². The van der Waals surface area contributed by atoms with Crippen LogP contribution in [0.5, 0.6) is 0 Å². The molecule has 2 aromatic rings. The molecular weight excluding hydrogens is 362 g/mol. The van der Waals surface area contributed by atoms with E-state index in [4.69, 9.17) is 9.41 Å². The zero-order chi connectivity index (χ0) is 20.1. The van der Waals surface area contributed by atoms with Gasteiger partial charge in [0.2, 0.25) is 5.89 Å². The van der Waals surface area contributed by atoms with Gasteiger partial charge in [-0.1, -0.05) is 17.7 Å². The van der Waals surface area contributed by atoms with Gasteiger partial charge in [-0.25, -0.2) is 9.98 Å². The zero-order valence-electron chi connectivity index (χ0n) is 17.7. The summed E-state index contributed by atoms with van der Waals surface area (Å²) in [5.41, 5.74) is 3.10. The Hall–Kier alpha value is -2.34. The van der Waals surface area contributed by atoms with E-state index in [1.807, 2.05) is 12.1 Å². The molecule has 0 radical (unpaired) electrons. The fourth-order valence-electron chi connectivity index (χ4n) is 4.29. The second-order valence-corrected chi connectivity index (χ2v) is 8.29. The molecule has 3 heterocycles. The van der Waals surface area contributed by atoms with Crippen LogP contribution in [0.1, 0.15) is 37.4 Å². The smallest absolute Gasteiger partial charge is 0.226 e. The number of oxazole rings is 1. The van der Waals surface area contributed by atoms with Gasteiger partial charge >= 0.3 is 0 Å². The van der Waals surface area contributed by atoms with Crippen LogP contribution in [0.2, 0.25) is 0 Å². The van der Waals surface area contributed by atoms with E-state index in [0.29, 0.717) is 12.4 Å². The molecule has 1 unspecified atom stereocenters. The fraction of sp³-hybridized carbons (Fsp3) is 0.565. The summed E-state index contributed by atoms with van der Waals surface area (Å²) in [5, 5.41) is 3.46. The van der Waals surface area contributed by atoms with Crippen LogP contribution in [-0.4, -0.2) is 60.0 Å². The molecule has 1 aromatic heterocycles. The maximum atomic E-state index is 5.68. The Morgan fingerprint density at radius 3 is 2.76 bits per heavy atom. The Morgan fingerprint density at radius 2 is 2.00 bits per heavy atom. The quantitative estimate of drug-likeness (QED) is 0.599. The Morgan fingerprint density at radius 1 is 1.21 bits per heavy atom. The number of aliphatic imine (C=N–C) groups is 1. The average Bonchev–Trinajstić information content (AvgIpc) is 3.48. The van der Waals surface area contributed by atoms with E-state index in [-0.39, 0.29) is 0 Å². The minimum atomic E-state index is 0.533. The SMILES string of the molecule is CCNC(=NCc1coc(-c2ccc(C)cc2)n1)N1CCC(CN2CCCC2)C1. The first-order valence-corrected chi connectivity index (χ1v) is 11.0. The molecule has 6 nitrogen and oxygen atoms in total. The second-order valence-electron chi connectivity index (χ2n) is 8.29. The Kier molecular flexibility index (Phi) is 6.49. The van der Waals surface area contributed by atoms with E-state index in [9.17, 15) is 0 Å². The summed E-state index contributed by atoms with van der Waals surface area (Å²) in [6.07, 6.45) is 5.70. The van der Waals surface area contributed by atoms with Gasteiger partial charge in [0, 0.05) is 31.7 Å². The van der Waals surface area contributed by atoms with Crippen molar-refractivity contribution < 1.29 is 4.42 Å². The molecule has 0 bridgehead atoms. The Balaban J connectivity index is 1.36. The monoisotopic (exact) mass is 395 g/mol. The molecule has 156 valence electrons. The van der Waals surface area contributed by atoms with Crippen LogP contribution >= 0.6 is 0 Å². The number of likely N-dealkylation sites (tertiary alicyclic amines) is 2. The van der Waals surface area contributed by atoms with Crippen LogP contribution < -0.4 is 5.32 Å². The summed E-state index contributed by atoms with van der Waals surface area (Å²) in [5.74, 6) is 2.40. The van der Waals surface area contributed by atoms with Crippen molar-refractivity contribution in [3.8, 4) is 11.5 Å². The topological polar surface area (TPSA) is 56.9 Å². The Bertz CT molecular complexity index is 807. The number of rotatable bonds is 6. The van der Waals surface area contributed by atoms with Gasteiger partial charge in [0.1, 0.15) is 12.0 Å². The zero-order valence-corrected chi connectivity index (χ0v) is 17.7. The van der Waals surface area contributed by atoms with Gasteiger partial charge in [0.15, 0.2) is 5.96 Å². The molecule has 0 aliphatic carbocycles. The normalized spacial score (nSPS) is 20.6. The number of nitrogens with one attached hydrogen (secondary N) is 1. The molecular formula is C23H33N5O. The molecule has 1 aromatic carbocycles. The summed E-state index contributed by atoms with van der Waals surface area (Å²) >= 11 is 0. The van der Waals surface area contributed by atoms with Crippen LogP contribution in [0.3, 0.4) is 0 Å². The molecule has 0 amide bonds. The van der Waals surface area contributed by atoms with Crippen molar-refractivity contribution in [2.24, 2.45) is 10.9 Å². The highest BCUT2D eigenvalue weighted by Gasteiger charge is 2.27. The molecule has 1 N–H and O–H groups in total. The molecule has 0 saturated carbocycles. The first-order chi connectivity index (χ1) is 14.2. The summed E-state index contributed by atoms with van der Waals surface area (Å²) in [7, 11) is 0. The van der Waals surface area contributed by atoms with Crippen molar-refractivity contribution in [1.82, 2.24) is 20.1 Å². The summed E-state index contributed by atoms with van der Waals surface area (Å²) in [4.78, 5) is 14.5. The lowest BCUT2D eigenvalue weighted by Gasteiger charge is -2.23. The predicted octanol–water partition coefficient (Wildman–Crippen LogP) is 3.53. The predicted molar refractivity (Wildman–Crippen MR) is 117 cm³/mol. The number of hydrogen-bond acceptors (Lipinski definition) is 4. The molecule has 2 aliphatic heterocycles. The first-order valence-electron chi connectivity index (χ1n) is 11.0. The van der Waals surface area contributed by atoms with Gasteiger partial charge in [-0.2, -0.15) is 0 Å². The minimum Gasteiger partial charge on any atom is -0.444 e. The standard InChI is InChI=1S/C23H33N5O/c1-3-24-23(28-13-10-19(16-28)15-27-11-4-5-12-27)25-14-21-17-29-22(26-21)20-8-6-18(2)7-9-20/h6-9,17,19H,3-5,10-16H2,1-2H3,(H,24,25). The molecule has 4 rings (SSSR count). The van der Waals surface area contributed by atoms with E-state index < -0.39 is 0 Å². The largest absolute Gasteiger partial charge is 0.444 e. The van der Waals surface area contributed by atoms with E-state index in [2.05, 4.69) is 46.1 Å². The van der Waals surface area contributed by atoms with Gasteiger partial charge < -0.3 is 19.5 Å². The molecule has 29 heavy (non-hydrogen) atoms. The number of hydrogen-bond donors (Lipinski definition) is 1. The molecule has 6 heteroatoms. The van der Waals surface area contributed by atoms with Crippen molar-refractivity contribution in [1.29, 1.82) is 0 Å². The number of guanidine groups is 1. The lowest BCUT2D eigenvalue weighted by molar-refractivity contribution is 0.281. The third-order valence-corrected chi connectivity index (χ3v) is 5.88. The number of benzene rings is 1. The lowest BCUT2D eigenvalue weighted by atomic mass is 10.1. The van der Waals surface area contributed by atoms with E-state index >= 15 is 0 Å². The van der Waals surface area contributed by atoms with Gasteiger partial charge in [-0.3, -0.25) is 0 Å². The van der Waals surface area contributed by atoms with Crippen molar-refractivity contribution >= 4 is 5.96 Å². The van der Waals surface area contributed by atoms with Crippen LogP contribution in [-0.2, 0) is 6.54 Å². The second kappa shape index (κ2) is 9.44. The summed E-state index contributed by atoms with van der Waals surface area (Å²) in [6.45, 7) is 11.6.